The zero-order chi connectivity index (χ0) is 13.1. The highest BCUT2D eigenvalue weighted by atomic mass is 79.9. The van der Waals surface area contributed by atoms with Crippen molar-refractivity contribution in [1.29, 1.82) is 0 Å². The molecule has 1 N–H and O–H groups in total. The van der Waals surface area contributed by atoms with Gasteiger partial charge in [-0.05, 0) is 41.2 Å². The average molecular weight is 329 g/mol. The largest absolute Gasteiger partial charge is 0.392 e. The van der Waals surface area contributed by atoms with E-state index in [0.717, 1.165) is 22.4 Å². The van der Waals surface area contributed by atoms with E-state index in [2.05, 4.69) is 34.0 Å². The Bertz CT molecular complexity index is 507. The van der Waals surface area contributed by atoms with Crippen molar-refractivity contribution in [2.24, 2.45) is 0 Å². The van der Waals surface area contributed by atoms with Gasteiger partial charge in [0.2, 0.25) is 0 Å². The molecule has 18 heavy (non-hydrogen) atoms. The maximum absolute atomic E-state index is 10.2. The molecule has 2 heterocycles. The van der Waals surface area contributed by atoms with E-state index in [1.54, 1.807) is 11.3 Å². The highest BCUT2D eigenvalue weighted by Crippen LogP contribution is 2.23. The Balaban J connectivity index is 2.09. The summed E-state index contributed by atoms with van der Waals surface area (Å²) >= 11 is 5.24. The Labute approximate surface area is 120 Å². The lowest BCUT2D eigenvalue weighted by molar-refractivity contribution is 0.173. The van der Waals surface area contributed by atoms with Crippen molar-refractivity contribution in [2.75, 3.05) is 0 Å². The van der Waals surface area contributed by atoms with E-state index in [1.165, 1.54) is 4.88 Å². The fourth-order valence-corrected chi connectivity index (χ4v) is 3.24. The summed E-state index contributed by atoms with van der Waals surface area (Å²) in [6, 6.07) is 4.08. The number of rotatable bonds is 5. The summed E-state index contributed by atoms with van der Waals surface area (Å²) in [5.74, 6) is 0. The Hall–Kier alpha value is -0.650. The summed E-state index contributed by atoms with van der Waals surface area (Å²) in [7, 11) is 0. The lowest BCUT2D eigenvalue weighted by Gasteiger charge is -2.11. The van der Waals surface area contributed by atoms with Gasteiger partial charge in [0.1, 0.15) is 0 Å². The number of aliphatic hydroxyl groups is 1. The van der Waals surface area contributed by atoms with Gasteiger partial charge in [-0.1, -0.05) is 6.07 Å². The number of hydrogen-bond donors (Lipinski definition) is 1. The first-order chi connectivity index (χ1) is 8.61. The third kappa shape index (κ3) is 3.02. The lowest BCUT2D eigenvalue weighted by atomic mass is 10.1. The van der Waals surface area contributed by atoms with Crippen molar-refractivity contribution in [1.82, 2.24) is 9.78 Å². The van der Waals surface area contributed by atoms with Gasteiger partial charge in [0.15, 0.2) is 0 Å². The maximum Gasteiger partial charge on any atom is 0.0738 e. The van der Waals surface area contributed by atoms with Crippen LogP contribution >= 0.6 is 27.3 Å². The number of hydrogen-bond acceptors (Lipinski definition) is 3. The average Bonchev–Trinajstić information content (AvgIpc) is 2.92. The predicted octanol–water partition coefficient (Wildman–Crippen LogP) is 3.18. The summed E-state index contributed by atoms with van der Waals surface area (Å²) < 4.78 is 2.98. The molecule has 0 fully saturated rings. The van der Waals surface area contributed by atoms with Gasteiger partial charge < -0.3 is 5.11 Å². The van der Waals surface area contributed by atoms with E-state index in [9.17, 15) is 5.11 Å². The monoisotopic (exact) mass is 328 g/mol. The van der Waals surface area contributed by atoms with Crippen molar-refractivity contribution in [3.8, 4) is 0 Å². The molecule has 0 aliphatic carbocycles. The smallest absolute Gasteiger partial charge is 0.0738 e. The van der Waals surface area contributed by atoms with Gasteiger partial charge in [0.25, 0.3) is 0 Å². The second kappa shape index (κ2) is 5.99. The van der Waals surface area contributed by atoms with Gasteiger partial charge in [0.05, 0.1) is 22.0 Å². The second-order valence-electron chi connectivity index (χ2n) is 4.30. The van der Waals surface area contributed by atoms with Crippen molar-refractivity contribution in [3.05, 3.63) is 38.3 Å². The number of halogens is 1. The summed E-state index contributed by atoms with van der Waals surface area (Å²) in [5.41, 5.74) is 2.06. The highest BCUT2D eigenvalue weighted by Gasteiger charge is 2.16. The number of thiophene rings is 1. The van der Waals surface area contributed by atoms with Gasteiger partial charge in [-0.25, -0.2) is 0 Å². The maximum atomic E-state index is 10.2. The SMILES string of the molecule is CCn1nc(C)c(Br)c1CC(O)Cc1cccs1. The van der Waals surface area contributed by atoms with Gasteiger partial charge in [-0.15, -0.1) is 11.3 Å². The molecule has 2 aromatic heterocycles. The first-order valence-corrected chi connectivity index (χ1v) is 7.71. The fourth-order valence-electron chi connectivity index (χ4n) is 2.02. The van der Waals surface area contributed by atoms with Crippen LogP contribution in [0.1, 0.15) is 23.2 Å². The molecule has 0 aliphatic heterocycles. The van der Waals surface area contributed by atoms with Crippen molar-refractivity contribution < 1.29 is 5.11 Å². The quantitative estimate of drug-likeness (QED) is 0.915. The molecule has 0 spiro atoms. The standard InChI is InChI=1S/C13H17BrN2OS/c1-3-16-12(13(14)9(2)15-16)8-10(17)7-11-5-4-6-18-11/h4-6,10,17H,3,7-8H2,1-2H3. The molecule has 0 aliphatic rings. The van der Waals surface area contributed by atoms with Gasteiger partial charge in [0, 0.05) is 24.3 Å². The molecule has 98 valence electrons. The first kappa shape index (κ1) is 13.8. The summed E-state index contributed by atoms with van der Waals surface area (Å²) in [6.07, 6.45) is 0.979. The van der Waals surface area contributed by atoms with E-state index in [0.29, 0.717) is 12.8 Å². The number of aryl methyl sites for hydroxylation is 2. The number of aliphatic hydroxyl groups excluding tert-OH is 1. The Morgan fingerprint density at radius 2 is 2.28 bits per heavy atom. The van der Waals surface area contributed by atoms with Crippen molar-refractivity contribution >= 4 is 27.3 Å². The minimum atomic E-state index is -0.360. The van der Waals surface area contributed by atoms with E-state index >= 15 is 0 Å². The third-order valence-electron chi connectivity index (χ3n) is 2.90. The molecule has 0 amide bonds. The highest BCUT2D eigenvalue weighted by molar-refractivity contribution is 9.10. The topological polar surface area (TPSA) is 38.0 Å². The minimum Gasteiger partial charge on any atom is -0.392 e. The van der Waals surface area contributed by atoms with Crippen LogP contribution in [-0.2, 0) is 19.4 Å². The number of aromatic nitrogens is 2. The summed E-state index contributed by atoms with van der Waals surface area (Å²) in [4.78, 5) is 1.22. The molecule has 0 saturated carbocycles. The second-order valence-corrected chi connectivity index (χ2v) is 6.13. The van der Waals surface area contributed by atoms with E-state index in [4.69, 9.17) is 0 Å². The van der Waals surface area contributed by atoms with Crippen LogP contribution in [0.15, 0.2) is 22.0 Å². The Kier molecular flexibility index (Phi) is 4.59. The van der Waals surface area contributed by atoms with E-state index in [-0.39, 0.29) is 6.10 Å². The predicted molar refractivity (Wildman–Crippen MR) is 78.1 cm³/mol. The minimum absolute atomic E-state index is 0.360. The molecule has 2 rings (SSSR count). The summed E-state index contributed by atoms with van der Waals surface area (Å²) in [5, 5.41) is 16.7. The number of nitrogens with zero attached hydrogens (tertiary/aromatic N) is 2. The van der Waals surface area contributed by atoms with Crippen LogP contribution in [0.4, 0.5) is 0 Å². The van der Waals surface area contributed by atoms with Gasteiger partial charge in [-0.2, -0.15) is 5.10 Å². The van der Waals surface area contributed by atoms with Crippen LogP contribution < -0.4 is 0 Å². The molecule has 1 unspecified atom stereocenters. The van der Waals surface area contributed by atoms with Crippen LogP contribution in [0, 0.1) is 6.92 Å². The first-order valence-electron chi connectivity index (χ1n) is 6.04. The third-order valence-corrected chi connectivity index (χ3v) is 4.83. The van der Waals surface area contributed by atoms with Gasteiger partial charge >= 0.3 is 0 Å². The van der Waals surface area contributed by atoms with Crippen LogP contribution in [0.5, 0.6) is 0 Å². The summed E-state index contributed by atoms with van der Waals surface area (Å²) in [6.45, 7) is 4.87. The van der Waals surface area contributed by atoms with Crippen LogP contribution in [0.25, 0.3) is 0 Å². The zero-order valence-corrected chi connectivity index (χ0v) is 13.0. The lowest BCUT2D eigenvalue weighted by Crippen LogP contribution is -2.16. The zero-order valence-electron chi connectivity index (χ0n) is 10.6. The van der Waals surface area contributed by atoms with Crippen molar-refractivity contribution in [3.63, 3.8) is 0 Å². The molecule has 3 nitrogen and oxygen atoms in total. The normalized spacial score (nSPS) is 12.9. The Morgan fingerprint density at radius 3 is 2.89 bits per heavy atom. The van der Waals surface area contributed by atoms with Crippen LogP contribution in [0.2, 0.25) is 0 Å². The molecule has 2 aromatic rings. The van der Waals surface area contributed by atoms with Crippen LogP contribution in [-0.4, -0.2) is 21.0 Å². The van der Waals surface area contributed by atoms with Crippen molar-refractivity contribution in [2.45, 2.75) is 39.3 Å². The fraction of sp³-hybridized carbons (Fsp3) is 0.462. The molecular formula is C13H17BrN2OS. The Morgan fingerprint density at radius 1 is 1.50 bits per heavy atom. The molecule has 5 heteroatoms. The molecule has 1 atom stereocenters. The molecule has 0 saturated heterocycles. The molecule has 0 bridgehead atoms. The van der Waals surface area contributed by atoms with Crippen LogP contribution in [0.3, 0.4) is 0 Å². The van der Waals surface area contributed by atoms with Gasteiger partial charge in [-0.3, -0.25) is 4.68 Å². The molecular weight excluding hydrogens is 312 g/mol. The molecule has 0 radical (unpaired) electrons. The van der Waals surface area contributed by atoms with E-state index < -0.39 is 0 Å². The van der Waals surface area contributed by atoms with E-state index in [1.807, 2.05) is 23.1 Å². The molecule has 0 aromatic carbocycles.